The molecule has 0 saturated carbocycles. The second kappa shape index (κ2) is 7.72. The average molecular weight is 419 g/mol. The summed E-state index contributed by atoms with van der Waals surface area (Å²) in [7, 11) is 0. The molecule has 1 amide bonds. The Bertz CT molecular complexity index is 771. The highest BCUT2D eigenvalue weighted by atomic mass is 79.9. The molecule has 120 valence electrons. The molecule has 0 aliphatic carbocycles. The number of hydrogen-bond acceptors (Lipinski definition) is 5. The molecule has 0 unspecified atom stereocenters. The molecule has 0 radical (unpaired) electrons. The maximum atomic E-state index is 11.8. The van der Waals surface area contributed by atoms with Crippen molar-refractivity contribution in [2.24, 2.45) is 0 Å². The molecule has 9 heteroatoms. The first-order chi connectivity index (χ1) is 10.9. The second-order valence-electron chi connectivity index (χ2n) is 4.40. The number of ether oxygens (including phenoxy) is 1. The topological polar surface area (TPSA) is 81.2 Å². The Kier molecular flexibility index (Phi) is 5.92. The van der Waals surface area contributed by atoms with Crippen molar-refractivity contribution < 1.29 is 14.3 Å². The van der Waals surface area contributed by atoms with Crippen molar-refractivity contribution in [3.63, 3.8) is 0 Å². The van der Waals surface area contributed by atoms with Crippen LogP contribution in [0.4, 0.5) is 5.82 Å². The highest BCUT2D eigenvalue weighted by Crippen LogP contribution is 2.25. The first-order valence-corrected chi connectivity index (χ1v) is 7.82. The third-order valence-electron chi connectivity index (χ3n) is 2.64. The van der Waals surface area contributed by atoms with Crippen molar-refractivity contribution in [1.29, 1.82) is 0 Å². The van der Waals surface area contributed by atoms with Gasteiger partial charge in [0.25, 0.3) is 5.91 Å². The van der Waals surface area contributed by atoms with Crippen molar-refractivity contribution >= 4 is 56.8 Å². The first kappa shape index (κ1) is 17.7. The maximum absolute atomic E-state index is 11.8. The van der Waals surface area contributed by atoms with Crippen LogP contribution in [0.2, 0.25) is 10.0 Å². The number of hydrogen-bond donors (Lipinski definition) is 1. The summed E-state index contributed by atoms with van der Waals surface area (Å²) in [4.78, 5) is 31.5. The zero-order chi connectivity index (χ0) is 17.0. The van der Waals surface area contributed by atoms with Gasteiger partial charge in [-0.3, -0.25) is 9.78 Å². The van der Waals surface area contributed by atoms with Gasteiger partial charge in [0, 0.05) is 16.9 Å². The number of anilines is 1. The Hall–Kier alpha value is -1.70. The molecular formula is C14H10BrCl2N3O3. The lowest BCUT2D eigenvalue weighted by Crippen LogP contribution is -2.22. The fourth-order valence-corrected chi connectivity index (χ4v) is 2.32. The Labute approximate surface area is 150 Å². The number of rotatable bonds is 4. The maximum Gasteiger partial charge on any atom is 0.340 e. The largest absolute Gasteiger partial charge is 0.452 e. The van der Waals surface area contributed by atoms with Gasteiger partial charge in [0.15, 0.2) is 12.4 Å². The van der Waals surface area contributed by atoms with Crippen molar-refractivity contribution in [3.8, 4) is 0 Å². The Morgan fingerprint density at radius 1 is 1.26 bits per heavy atom. The molecule has 0 fully saturated rings. The summed E-state index contributed by atoms with van der Waals surface area (Å²) < 4.78 is 5.53. The number of halogens is 3. The molecule has 2 aromatic rings. The monoisotopic (exact) mass is 417 g/mol. The van der Waals surface area contributed by atoms with Gasteiger partial charge in [0.1, 0.15) is 0 Å². The fourth-order valence-electron chi connectivity index (χ4n) is 1.55. The lowest BCUT2D eigenvalue weighted by atomic mass is 10.3. The van der Waals surface area contributed by atoms with Gasteiger partial charge in [0.05, 0.1) is 21.3 Å². The standard InChI is InChI=1S/C14H10BrCl2N3O3/c1-7-10(16)3-11(17)13(19-7)20-12(21)6-23-14(22)8-2-9(15)5-18-4-8/h2-5H,6H2,1H3,(H,19,20,21). The number of carbonyl (C=O) groups is 2. The van der Waals surface area contributed by atoms with Gasteiger partial charge in [-0.25, -0.2) is 9.78 Å². The molecule has 23 heavy (non-hydrogen) atoms. The lowest BCUT2D eigenvalue weighted by Gasteiger charge is -2.09. The van der Waals surface area contributed by atoms with Crippen LogP contribution in [-0.4, -0.2) is 28.5 Å². The number of aromatic nitrogens is 2. The number of pyridine rings is 2. The molecule has 1 N–H and O–H groups in total. The third-order valence-corrected chi connectivity index (χ3v) is 3.74. The first-order valence-electron chi connectivity index (χ1n) is 6.27. The van der Waals surface area contributed by atoms with E-state index in [0.717, 1.165) is 0 Å². The minimum atomic E-state index is -0.666. The van der Waals surface area contributed by atoms with Crippen LogP contribution in [0.15, 0.2) is 29.0 Å². The SMILES string of the molecule is Cc1nc(NC(=O)COC(=O)c2cncc(Br)c2)c(Cl)cc1Cl. The van der Waals surface area contributed by atoms with Crippen LogP contribution in [0, 0.1) is 6.92 Å². The van der Waals surface area contributed by atoms with Crippen molar-refractivity contribution in [2.75, 3.05) is 11.9 Å². The smallest absolute Gasteiger partial charge is 0.340 e. The molecule has 0 aliphatic rings. The molecule has 0 bridgehead atoms. The van der Waals surface area contributed by atoms with E-state index in [4.69, 9.17) is 27.9 Å². The van der Waals surface area contributed by atoms with E-state index >= 15 is 0 Å². The van der Waals surface area contributed by atoms with Gasteiger partial charge < -0.3 is 10.1 Å². The van der Waals surface area contributed by atoms with E-state index in [2.05, 4.69) is 31.2 Å². The van der Waals surface area contributed by atoms with E-state index in [9.17, 15) is 9.59 Å². The summed E-state index contributed by atoms with van der Waals surface area (Å²) >= 11 is 15.0. The van der Waals surface area contributed by atoms with Crippen LogP contribution in [0.5, 0.6) is 0 Å². The molecule has 2 rings (SSSR count). The highest BCUT2D eigenvalue weighted by molar-refractivity contribution is 9.10. The molecule has 0 atom stereocenters. The van der Waals surface area contributed by atoms with Crippen LogP contribution < -0.4 is 5.32 Å². The molecule has 2 heterocycles. The van der Waals surface area contributed by atoms with E-state index in [-0.39, 0.29) is 16.4 Å². The van der Waals surface area contributed by atoms with Gasteiger partial charge in [0.2, 0.25) is 0 Å². The summed E-state index contributed by atoms with van der Waals surface area (Å²) in [5, 5.41) is 3.04. The van der Waals surface area contributed by atoms with Crippen LogP contribution in [-0.2, 0) is 9.53 Å². The van der Waals surface area contributed by atoms with Crippen molar-refractivity contribution in [2.45, 2.75) is 6.92 Å². The summed E-state index contributed by atoms with van der Waals surface area (Å²) in [5.41, 5.74) is 0.745. The van der Waals surface area contributed by atoms with Crippen LogP contribution >= 0.6 is 39.1 Å². The van der Waals surface area contributed by atoms with E-state index in [0.29, 0.717) is 15.2 Å². The summed E-state index contributed by atoms with van der Waals surface area (Å²) in [6.45, 7) is 1.19. The van der Waals surface area contributed by atoms with Gasteiger partial charge >= 0.3 is 5.97 Å². The highest BCUT2D eigenvalue weighted by Gasteiger charge is 2.13. The molecule has 6 nitrogen and oxygen atoms in total. The summed E-state index contributed by atoms with van der Waals surface area (Å²) in [5.74, 6) is -1.09. The van der Waals surface area contributed by atoms with Gasteiger partial charge in [-0.1, -0.05) is 23.2 Å². The number of nitrogens with zero attached hydrogens (tertiary/aromatic N) is 2. The fraction of sp³-hybridized carbons (Fsp3) is 0.143. The molecule has 2 aromatic heterocycles. The zero-order valence-electron chi connectivity index (χ0n) is 11.8. The quantitative estimate of drug-likeness (QED) is 0.766. The van der Waals surface area contributed by atoms with E-state index in [1.807, 2.05) is 0 Å². The third kappa shape index (κ3) is 4.89. The Morgan fingerprint density at radius 3 is 2.70 bits per heavy atom. The second-order valence-corrected chi connectivity index (χ2v) is 6.13. The number of carbonyl (C=O) groups excluding carboxylic acids is 2. The number of esters is 1. The van der Waals surface area contributed by atoms with Gasteiger partial charge in [-0.05, 0) is 35.0 Å². The van der Waals surface area contributed by atoms with E-state index in [1.165, 1.54) is 24.5 Å². The zero-order valence-corrected chi connectivity index (χ0v) is 14.9. The minimum Gasteiger partial charge on any atom is -0.452 e. The number of nitrogens with one attached hydrogen (secondary N) is 1. The summed E-state index contributed by atoms with van der Waals surface area (Å²) in [6.07, 6.45) is 2.87. The number of aryl methyl sites for hydroxylation is 1. The predicted molar refractivity (Wildman–Crippen MR) is 89.8 cm³/mol. The Balaban J connectivity index is 1.95. The molecular weight excluding hydrogens is 409 g/mol. The number of amides is 1. The average Bonchev–Trinajstić information content (AvgIpc) is 2.50. The van der Waals surface area contributed by atoms with E-state index in [1.54, 1.807) is 6.92 Å². The molecule has 0 saturated heterocycles. The lowest BCUT2D eigenvalue weighted by molar-refractivity contribution is -0.119. The van der Waals surface area contributed by atoms with Crippen molar-refractivity contribution in [1.82, 2.24) is 9.97 Å². The van der Waals surface area contributed by atoms with Gasteiger partial charge in [-0.2, -0.15) is 0 Å². The van der Waals surface area contributed by atoms with Crippen LogP contribution in [0.25, 0.3) is 0 Å². The molecule has 0 spiro atoms. The molecule has 0 aliphatic heterocycles. The van der Waals surface area contributed by atoms with Crippen LogP contribution in [0.1, 0.15) is 16.1 Å². The Morgan fingerprint density at radius 2 is 2.00 bits per heavy atom. The van der Waals surface area contributed by atoms with Gasteiger partial charge in [-0.15, -0.1) is 0 Å². The predicted octanol–water partition coefficient (Wildman–Crippen LogP) is 3.65. The van der Waals surface area contributed by atoms with Crippen molar-refractivity contribution in [3.05, 3.63) is 50.3 Å². The minimum absolute atomic E-state index is 0.152. The summed E-state index contributed by atoms with van der Waals surface area (Å²) in [6, 6.07) is 3.01. The van der Waals surface area contributed by atoms with E-state index < -0.39 is 18.5 Å². The van der Waals surface area contributed by atoms with Crippen LogP contribution in [0.3, 0.4) is 0 Å². The normalized spacial score (nSPS) is 10.3. The molecule has 0 aromatic carbocycles.